The van der Waals surface area contributed by atoms with Crippen LogP contribution in [-0.2, 0) is 6.54 Å². The monoisotopic (exact) mass is 261 g/mol. The number of nitrogens with two attached hydrogens (primary N) is 1. The Bertz CT molecular complexity index is 557. The molecule has 6 heteroatoms. The van der Waals surface area contributed by atoms with E-state index >= 15 is 0 Å². The summed E-state index contributed by atoms with van der Waals surface area (Å²) in [5.74, 6) is 2.96. The molecular weight excluding hydrogens is 242 g/mol. The maximum Gasteiger partial charge on any atom is 0.213 e. The summed E-state index contributed by atoms with van der Waals surface area (Å²) in [4.78, 5) is 12.6. The van der Waals surface area contributed by atoms with Crippen molar-refractivity contribution in [2.45, 2.75) is 40.2 Å². The SMILES string of the molecule is Cc1nc(CNc2ncnc(N)c2C(C)C)oc1C. The largest absolute Gasteiger partial charge is 0.444 e. The Balaban J connectivity index is 2.17. The fourth-order valence-electron chi connectivity index (χ4n) is 1.89. The third-order valence-corrected chi connectivity index (χ3v) is 2.97. The van der Waals surface area contributed by atoms with Gasteiger partial charge in [-0.05, 0) is 19.8 Å². The van der Waals surface area contributed by atoms with E-state index in [9.17, 15) is 0 Å². The first-order valence-corrected chi connectivity index (χ1v) is 6.26. The molecule has 0 saturated heterocycles. The highest BCUT2D eigenvalue weighted by Gasteiger charge is 2.13. The molecule has 0 radical (unpaired) electrons. The molecule has 2 heterocycles. The molecule has 3 N–H and O–H groups in total. The Morgan fingerprint density at radius 3 is 2.63 bits per heavy atom. The first-order valence-electron chi connectivity index (χ1n) is 6.26. The standard InChI is InChI=1S/C13H19N5O/c1-7(2)11-12(14)16-6-17-13(11)15-5-10-18-8(3)9(4)19-10/h6-7H,5H2,1-4H3,(H3,14,15,16,17). The lowest BCUT2D eigenvalue weighted by Gasteiger charge is -2.13. The van der Waals surface area contributed by atoms with Gasteiger partial charge in [-0.1, -0.05) is 13.8 Å². The van der Waals surface area contributed by atoms with Gasteiger partial charge in [0.1, 0.15) is 23.7 Å². The van der Waals surface area contributed by atoms with E-state index in [2.05, 4.69) is 34.1 Å². The Morgan fingerprint density at radius 1 is 1.32 bits per heavy atom. The smallest absolute Gasteiger partial charge is 0.213 e. The van der Waals surface area contributed by atoms with Crippen molar-refractivity contribution in [1.29, 1.82) is 0 Å². The molecule has 0 atom stereocenters. The van der Waals surface area contributed by atoms with Crippen LogP contribution in [0.3, 0.4) is 0 Å². The number of nitrogens with zero attached hydrogens (tertiary/aromatic N) is 3. The van der Waals surface area contributed by atoms with E-state index in [0.29, 0.717) is 18.3 Å². The van der Waals surface area contributed by atoms with Crippen molar-refractivity contribution in [3.8, 4) is 0 Å². The van der Waals surface area contributed by atoms with Crippen LogP contribution in [0.1, 0.15) is 42.7 Å². The van der Waals surface area contributed by atoms with Gasteiger partial charge in [0.25, 0.3) is 0 Å². The number of hydrogen-bond donors (Lipinski definition) is 2. The van der Waals surface area contributed by atoms with Crippen LogP contribution in [0.4, 0.5) is 11.6 Å². The van der Waals surface area contributed by atoms with Crippen molar-refractivity contribution in [2.75, 3.05) is 11.1 Å². The van der Waals surface area contributed by atoms with Crippen LogP contribution in [0.5, 0.6) is 0 Å². The van der Waals surface area contributed by atoms with Crippen LogP contribution in [0.2, 0.25) is 0 Å². The summed E-state index contributed by atoms with van der Waals surface area (Å²) in [6.45, 7) is 8.41. The molecule has 0 spiro atoms. The number of anilines is 2. The number of nitrogens with one attached hydrogen (secondary N) is 1. The van der Waals surface area contributed by atoms with Crippen molar-refractivity contribution in [3.05, 3.63) is 29.2 Å². The summed E-state index contributed by atoms with van der Waals surface area (Å²) < 4.78 is 5.52. The number of aryl methyl sites for hydroxylation is 2. The van der Waals surface area contributed by atoms with Gasteiger partial charge in [-0.15, -0.1) is 0 Å². The van der Waals surface area contributed by atoms with Crippen LogP contribution in [0.25, 0.3) is 0 Å². The molecule has 6 nitrogen and oxygen atoms in total. The fourth-order valence-corrected chi connectivity index (χ4v) is 1.89. The van der Waals surface area contributed by atoms with E-state index in [-0.39, 0.29) is 5.92 Å². The van der Waals surface area contributed by atoms with Gasteiger partial charge < -0.3 is 15.5 Å². The van der Waals surface area contributed by atoms with Crippen molar-refractivity contribution in [3.63, 3.8) is 0 Å². The van der Waals surface area contributed by atoms with Crippen LogP contribution < -0.4 is 11.1 Å². The normalized spacial score (nSPS) is 11.0. The molecule has 102 valence electrons. The second-order valence-corrected chi connectivity index (χ2v) is 4.78. The van der Waals surface area contributed by atoms with Gasteiger partial charge in [0, 0.05) is 5.56 Å². The number of nitrogen functional groups attached to an aromatic ring is 1. The maximum absolute atomic E-state index is 5.89. The first-order chi connectivity index (χ1) is 8.99. The third-order valence-electron chi connectivity index (χ3n) is 2.97. The number of hydrogen-bond acceptors (Lipinski definition) is 6. The summed E-state index contributed by atoms with van der Waals surface area (Å²) >= 11 is 0. The molecule has 0 aliphatic carbocycles. The molecular formula is C13H19N5O. The van der Waals surface area contributed by atoms with Gasteiger partial charge in [0.15, 0.2) is 0 Å². The van der Waals surface area contributed by atoms with E-state index in [1.165, 1.54) is 6.33 Å². The van der Waals surface area contributed by atoms with Crippen LogP contribution >= 0.6 is 0 Å². The number of oxazole rings is 1. The van der Waals surface area contributed by atoms with Crippen LogP contribution in [0.15, 0.2) is 10.7 Å². The molecule has 0 bridgehead atoms. The van der Waals surface area contributed by atoms with E-state index in [1.807, 2.05) is 13.8 Å². The molecule has 0 amide bonds. The zero-order valence-electron chi connectivity index (χ0n) is 11.7. The molecule has 2 aromatic rings. The van der Waals surface area contributed by atoms with E-state index in [4.69, 9.17) is 10.2 Å². The Morgan fingerprint density at radius 2 is 2.05 bits per heavy atom. The lowest BCUT2D eigenvalue weighted by atomic mass is 10.0. The van der Waals surface area contributed by atoms with Crippen molar-refractivity contribution in [1.82, 2.24) is 15.0 Å². The second-order valence-electron chi connectivity index (χ2n) is 4.78. The van der Waals surface area contributed by atoms with Gasteiger partial charge in [-0.25, -0.2) is 15.0 Å². The topological polar surface area (TPSA) is 89.9 Å². The minimum Gasteiger partial charge on any atom is -0.444 e. The average molecular weight is 261 g/mol. The molecule has 0 aliphatic heterocycles. The van der Waals surface area contributed by atoms with Crippen molar-refractivity contribution < 1.29 is 4.42 Å². The molecule has 0 aromatic carbocycles. The van der Waals surface area contributed by atoms with Crippen molar-refractivity contribution >= 4 is 11.6 Å². The highest BCUT2D eigenvalue weighted by Crippen LogP contribution is 2.26. The fraction of sp³-hybridized carbons (Fsp3) is 0.462. The molecule has 0 unspecified atom stereocenters. The molecule has 0 fully saturated rings. The number of rotatable bonds is 4. The predicted molar refractivity (Wildman–Crippen MR) is 73.8 cm³/mol. The molecule has 2 rings (SSSR count). The number of aromatic nitrogens is 3. The summed E-state index contributed by atoms with van der Waals surface area (Å²) in [6, 6.07) is 0. The van der Waals surface area contributed by atoms with E-state index in [1.54, 1.807) is 0 Å². The summed E-state index contributed by atoms with van der Waals surface area (Å²) in [5, 5.41) is 3.20. The highest BCUT2D eigenvalue weighted by atomic mass is 16.4. The molecule has 0 aliphatic rings. The van der Waals surface area contributed by atoms with Crippen molar-refractivity contribution in [2.24, 2.45) is 0 Å². The van der Waals surface area contributed by atoms with Gasteiger partial charge in [0.2, 0.25) is 5.89 Å². The van der Waals surface area contributed by atoms with E-state index < -0.39 is 0 Å². The minimum absolute atomic E-state index is 0.247. The lowest BCUT2D eigenvalue weighted by molar-refractivity contribution is 0.478. The lowest BCUT2D eigenvalue weighted by Crippen LogP contribution is -2.09. The molecule has 0 saturated carbocycles. The first kappa shape index (κ1) is 13.3. The maximum atomic E-state index is 5.89. The van der Waals surface area contributed by atoms with Gasteiger partial charge in [-0.3, -0.25) is 0 Å². The van der Waals surface area contributed by atoms with E-state index in [0.717, 1.165) is 22.8 Å². The second kappa shape index (κ2) is 5.26. The van der Waals surface area contributed by atoms with Crippen LogP contribution in [-0.4, -0.2) is 15.0 Å². The summed E-state index contributed by atoms with van der Waals surface area (Å²) in [7, 11) is 0. The average Bonchev–Trinajstić information content (AvgIpc) is 2.65. The van der Waals surface area contributed by atoms with Gasteiger partial charge >= 0.3 is 0 Å². The molecule has 2 aromatic heterocycles. The van der Waals surface area contributed by atoms with Gasteiger partial charge in [-0.2, -0.15) is 0 Å². The zero-order valence-corrected chi connectivity index (χ0v) is 11.7. The quantitative estimate of drug-likeness (QED) is 0.878. The Labute approximate surface area is 112 Å². The minimum atomic E-state index is 0.247. The van der Waals surface area contributed by atoms with Gasteiger partial charge in [0.05, 0.1) is 12.2 Å². The summed E-state index contributed by atoms with van der Waals surface area (Å²) in [5.41, 5.74) is 7.71. The van der Waals surface area contributed by atoms with Crippen LogP contribution in [0, 0.1) is 13.8 Å². The predicted octanol–water partition coefficient (Wildman–Crippen LogP) is 2.40. The Hall–Kier alpha value is -2.11. The zero-order chi connectivity index (χ0) is 14.0. The Kier molecular flexibility index (Phi) is 3.69. The highest BCUT2D eigenvalue weighted by molar-refractivity contribution is 5.56. The third kappa shape index (κ3) is 2.83. The summed E-state index contributed by atoms with van der Waals surface area (Å²) in [6.07, 6.45) is 1.45. The molecule has 19 heavy (non-hydrogen) atoms.